The molecule has 0 radical (unpaired) electrons. The zero-order valence-corrected chi connectivity index (χ0v) is 15.2. The Bertz CT molecular complexity index is 817. The summed E-state index contributed by atoms with van der Waals surface area (Å²) >= 11 is 0. The lowest BCUT2D eigenvalue weighted by atomic mass is 10.1. The summed E-state index contributed by atoms with van der Waals surface area (Å²) in [6.07, 6.45) is 0. The van der Waals surface area contributed by atoms with Crippen LogP contribution in [0.5, 0.6) is 0 Å². The molecule has 1 atom stereocenters. The van der Waals surface area contributed by atoms with E-state index in [4.69, 9.17) is 5.73 Å². The standard InChI is InChI=1S/C20H23FN4O2/c1-14(20(27)23-16-8-6-15(7-9-16)19(22)26)24-10-12-25(13-11-24)18-5-3-2-4-17(18)21/h2-9,14H,10-13H2,1H3,(H2,22,26)(H,23,27). The van der Waals surface area contributed by atoms with Gasteiger partial charge in [0.15, 0.2) is 0 Å². The van der Waals surface area contributed by atoms with Gasteiger partial charge in [-0.3, -0.25) is 14.5 Å². The number of nitrogens with one attached hydrogen (secondary N) is 1. The Balaban J connectivity index is 1.55. The van der Waals surface area contributed by atoms with E-state index in [0.717, 1.165) is 0 Å². The Morgan fingerprint density at radius 1 is 1.04 bits per heavy atom. The van der Waals surface area contributed by atoms with Crippen LogP contribution in [0.2, 0.25) is 0 Å². The predicted octanol–water partition coefficient (Wildman–Crippen LogP) is 2.07. The third-order valence-corrected chi connectivity index (χ3v) is 4.87. The number of rotatable bonds is 5. The summed E-state index contributed by atoms with van der Waals surface area (Å²) in [5.74, 6) is -0.855. The number of anilines is 2. The molecule has 142 valence electrons. The van der Waals surface area contributed by atoms with Gasteiger partial charge in [0.25, 0.3) is 0 Å². The van der Waals surface area contributed by atoms with Crippen LogP contribution in [-0.2, 0) is 4.79 Å². The van der Waals surface area contributed by atoms with Crippen molar-refractivity contribution in [3.8, 4) is 0 Å². The summed E-state index contributed by atoms with van der Waals surface area (Å²) in [7, 11) is 0. The van der Waals surface area contributed by atoms with Crippen LogP contribution in [-0.4, -0.2) is 48.9 Å². The molecule has 1 aliphatic rings. The summed E-state index contributed by atoms with van der Waals surface area (Å²) in [5, 5.41) is 2.85. The van der Waals surface area contributed by atoms with Gasteiger partial charge in [-0.2, -0.15) is 0 Å². The van der Waals surface area contributed by atoms with Crippen LogP contribution in [0.25, 0.3) is 0 Å². The molecular weight excluding hydrogens is 347 g/mol. The van der Waals surface area contributed by atoms with Crippen LogP contribution in [0.1, 0.15) is 17.3 Å². The van der Waals surface area contributed by atoms with Crippen molar-refractivity contribution in [2.24, 2.45) is 5.73 Å². The fourth-order valence-electron chi connectivity index (χ4n) is 3.19. The summed E-state index contributed by atoms with van der Waals surface area (Å²) in [6.45, 7) is 4.51. The molecule has 0 spiro atoms. The highest BCUT2D eigenvalue weighted by atomic mass is 19.1. The molecule has 1 heterocycles. The van der Waals surface area contributed by atoms with Crippen LogP contribution in [0.15, 0.2) is 48.5 Å². The summed E-state index contributed by atoms with van der Waals surface area (Å²) < 4.78 is 13.9. The largest absolute Gasteiger partial charge is 0.367 e. The molecular formula is C20H23FN4O2. The number of carbonyl (C=O) groups is 2. The van der Waals surface area contributed by atoms with E-state index >= 15 is 0 Å². The molecule has 2 amide bonds. The van der Waals surface area contributed by atoms with Gasteiger partial charge >= 0.3 is 0 Å². The van der Waals surface area contributed by atoms with E-state index in [1.807, 2.05) is 17.9 Å². The highest BCUT2D eigenvalue weighted by molar-refractivity contribution is 5.96. The molecule has 0 aliphatic carbocycles. The molecule has 0 bridgehead atoms. The number of halogens is 1. The minimum atomic E-state index is -0.506. The van der Waals surface area contributed by atoms with Crippen molar-refractivity contribution >= 4 is 23.2 Å². The lowest BCUT2D eigenvalue weighted by Gasteiger charge is -2.38. The maximum atomic E-state index is 13.9. The van der Waals surface area contributed by atoms with Crippen molar-refractivity contribution in [2.75, 3.05) is 36.4 Å². The SMILES string of the molecule is CC(C(=O)Nc1ccc(C(N)=O)cc1)N1CCN(c2ccccc2F)CC1. The number of para-hydroxylation sites is 1. The van der Waals surface area contributed by atoms with Gasteiger partial charge in [-0.15, -0.1) is 0 Å². The fraction of sp³-hybridized carbons (Fsp3) is 0.300. The first-order valence-corrected chi connectivity index (χ1v) is 8.90. The fourth-order valence-corrected chi connectivity index (χ4v) is 3.19. The average Bonchev–Trinajstić information content (AvgIpc) is 2.68. The van der Waals surface area contributed by atoms with Crippen molar-refractivity contribution in [3.63, 3.8) is 0 Å². The molecule has 1 unspecified atom stereocenters. The Morgan fingerprint density at radius 2 is 1.67 bits per heavy atom. The first-order chi connectivity index (χ1) is 13.0. The highest BCUT2D eigenvalue weighted by Crippen LogP contribution is 2.21. The number of benzene rings is 2. The maximum Gasteiger partial charge on any atom is 0.248 e. The van der Waals surface area contributed by atoms with E-state index in [1.54, 1.807) is 36.4 Å². The van der Waals surface area contributed by atoms with Gasteiger partial charge in [-0.25, -0.2) is 4.39 Å². The van der Waals surface area contributed by atoms with Gasteiger partial charge in [-0.05, 0) is 43.3 Å². The van der Waals surface area contributed by atoms with E-state index in [0.29, 0.717) is 43.1 Å². The lowest BCUT2D eigenvalue weighted by Crippen LogP contribution is -2.53. The molecule has 7 heteroatoms. The second-order valence-electron chi connectivity index (χ2n) is 6.58. The molecule has 0 saturated carbocycles. The zero-order chi connectivity index (χ0) is 19.4. The van der Waals surface area contributed by atoms with Gasteiger partial charge in [0, 0.05) is 37.4 Å². The van der Waals surface area contributed by atoms with Gasteiger partial charge in [0.05, 0.1) is 11.7 Å². The minimum absolute atomic E-state index is 0.124. The first kappa shape index (κ1) is 18.8. The van der Waals surface area contributed by atoms with E-state index in [2.05, 4.69) is 10.2 Å². The number of nitrogens with zero attached hydrogens (tertiary/aromatic N) is 2. The van der Waals surface area contributed by atoms with Gasteiger partial charge in [-0.1, -0.05) is 12.1 Å². The number of primary amides is 1. The zero-order valence-electron chi connectivity index (χ0n) is 15.2. The van der Waals surface area contributed by atoms with E-state index in [9.17, 15) is 14.0 Å². The van der Waals surface area contributed by atoms with Crippen LogP contribution >= 0.6 is 0 Å². The number of hydrogen-bond acceptors (Lipinski definition) is 4. The molecule has 3 rings (SSSR count). The molecule has 27 heavy (non-hydrogen) atoms. The van der Waals surface area contributed by atoms with Gasteiger partial charge in [0.2, 0.25) is 11.8 Å². The Kier molecular flexibility index (Phi) is 5.71. The molecule has 6 nitrogen and oxygen atoms in total. The van der Waals surface area contributed by atoms with Crippen molar-refractivity contribution in [2.45, 2.75) is 13.0 Å². The number of nitrogens with two attached hydrogens (primary N) is 1. The molecule has 1 saturated heterocycles. The monoisotopic (exact) mass is 370 g/mol. The summed E-state index contributed by atoms with van der Waals surface area (Å²) in [5.41, 5.74) is 6.82. The number of carbonyl (C=O) groups excluding carboxylic acids is 2. The van der Waals surface area contributed by atoms with Crippen molar-refractivity contribution in [1.29, 1.82) is 0 Å². The molecule has 2 aromatic carbocycles. The Morgan fingerprint density at radius 3 is 2.26 bits per heavy atom. The predicted molar refractivity (Wildman–Crippen MR) is 103 cm³/mol. The number of amides is 2. The van der Waals surface area contributed by atoms with Crippen LogP contribution in [0.3, 0.4) is 0 Å². The summed E-state index contributed by atoms with van der Waals surface area (Å²) in [4.78, 5) is 27.7. The molecule has 1 fully saturated rings. The number of piperazine rings is 1. The van der Waals surface area contributed by atoms with Crippen LogP contribution in [0, 0.1) is 5.82 Å². The molecule has 3 N–H and O–H groups in total. The third-order valence-electron chi connectivity index (χ3n) is 4.87. The topological polar surface area (TPSA) is 78.7 Å². The van der Waals surface area contributed by atoms with Gasteiger partial charge < -0.3 is 16.0 Å². The highest BCUT2D eigenvalue weighted by Gasteiger charge is 2.26. The quantitative estimate of drug-likeness (QED) is 0.845. The van der Waals surface area contributed by atoms with Crippen molar-refractivity contribution in [1.82, 2.24) is 4.90 Å². The lowest BCUT2D eigenvalue weighted by molar-refractivity contribution is -0.120. The Hall–Kier alpha value is -2.93. The second-order valence-corrected chi connectivity index (χ2v) is 6.58. The van der Waals surface area contributed by atoms with Crippen molar-refractivity contribution < 1.29 is 14.0 Å². The average molecular weight is 370 g/mol. The molecule has 0 aromatic heterocycles. The number of hydrogen-bond donors (Lipinski definition) is 2. The van der Waals surface area contributed by atoms with E-state index in [-0.39, 0.29) is 17.8 Å². The van der Waals surface area contributed by atoms with Crippen LogP contribution in [0.4, 0.5) is 15.8 Å². The normalized spacial score (nSPS) is 16.0. The van der Waals surface area contributed by atoms with Gasteiger partial charge in [0.1, 0.15) is 5.82 Å². The van der Waals surface area contributed by atoms with Crippen molar-refractivity contribution in [3.05, 3.63) is 59.9 Å². The maximum absolute atomic E-state index is 13.9. The third kappa shape index (κ3) is 4.43. The Labute approximate surface area is 157 Å². The molecule has 1 aliphatic heterocycles. The van der Waals surface area contributed by atoms with Crippen LogP contribution < -0.4 is 16.0 Å². The van der Waals surface area contributed by atoms with E-state index < -0.39 is 5.91 Å². The van der Waals surface area contributed by atoms with E-state index in [1.165, 1.54) is 6.07 Å². The first-order valence-electron chi connectivity index (χ1n) is 8.90. The second kappa shape index (κ2) is 8.18. The summed E-state index contributed by atoms with van der Waals surface area (Å²) in [6, 6.07) is 12.9. The minimum Gasteiger partial charge on any atom is -0.367 e. The molecule has 2 aromatic rings. The smallest absolute Gasteiger partial charge is 0.248 e.